The van der Waals surface area contributed by atoms with Gasteiger partial charge in [-0.3, -0.25) is 14.8 Å². The Balaban J connectivity index is 1.67. The first-order chi connectivity index (χ1) is 15.8. The van der Waals surface area contributed by atoms with Crippen LogP contribution >= 0.6 is 0 Å². The van der Waals surface area contributed by atoms with Gasteiger partial charge in [0.2, 0.25) is 0 Å². The van der Waals surface area contributed by atoms with Crippen LogP contribution in [0.4, 0.5) is 4.39 Å². The highest BCUT2D eigenvalue weighted by atomic mass is 32.2. The lowest BCUT2D eigenvalue weighted by Crippen LogP contribution is -2.29. The topological polar surface area (TPSA) is 107 Å². The molecule has 8 nitrogen and oxygen atoms in total. The van der Waals surface area contributed by atoms with Gasteiger partial charge in [0.15, 0.2) is 9.84 Å². The van der Waals surface area contributed by atoms with Gasteiger partial charge in [-0.25, -0.2) is 17.5 Å². The molecule has 1 N–H and O–H groups in total. The molecular weight excluding hydrogens is 445 g/mol. The number of halogens is 1. The Morgan fingerprint density at radius 3 is 2.52 bits per heavy atom. The Morgan fingerprint density at radius 2 is 1.82 bits per heavy atom. The summed E-state index contributed by atoms with van der Waals surface area (Å²) in [6.07, 6.45) is 9.94. The lowest BCUT2D eigenvalue weighted by molar-refractivity contribution is 0.0935. The van der Waals surface area contributed by atoms with Crippen molar-refractivity contribution in [3.05, 3.63) is 78.3 Å². The molecule has 1 amide bonds. The summed E-state index contributed by atoms with van der Waals surface area (Å²) >= 11 is 0. The molecule has 0 aliphatic rings. The number of hydrogen-bond acceptors (Lipinski definition) is 6. The smallest absolute Gasteiger partial charge is 0.254 e. The molecule has 3 heterocycles. The third-order valence-corrected chi connectivity index (χ3v) is 6.34. The Hall–Kier alpha value is -3.66. The third-order valence-electron chi connectivity index (χ3n) is 5.26. The molecule has 0 spiro atoms. The number of benzene rings is 1. The van der Waals surface area contributed by atoms with Crippen LogP contribution in [0.25, 0.3) is 16.6 Å². The minimum atomic E-state index is -3.43. The van der Waals surface area contributed by atoms with Crippen molar-refractivity contribution < 1.29 is 17.6 Å². The fourth-order valence-corrected chi connectivity index (χ4v) is 4.19. The third kappa shape index (κ3) is 4.75. The standard InChI is InChI=1S/C23H22FN5O3S/c1-3-4-21(15-9-18(11-25-10-15)33(2,31)32)28-23(30)20-12-26-14-22-19(20)13-27-29(22)17-7-5-16(24)6-8-17/h5-14,21H,3-4H2,1-2H3,(H,28,30). The fourth-order valence-electron chi connectivity index (χ4n) is 3.59. The zero-order valence-electron chi connectivity index (χ0n) is 18.1. The molecule has 0 bridgehead atoms. The summed E-state index contributed by atoms with van der Waals surface area (Å²) in [7, 11) is -3.43. The van der Waals surface area contributed by atoms with Crippen LogP contribution < -0.4 is 5.32 Å². The van der Waals surface area contributed by atoms with E-state index >= 15 is 0 Å². The van der Waals surface area contributed by atoms with E-state index in [0.717, 1.165) is 12.7 Å². The van der Waals surface area contributed by atoms with E-state index in [-0.39, 0.29) is 16.6 Å². The van der Waals surface area contributed by atoms with E-state index in [1.807, 2.05) is 6.92 Å². The van der Waals surface area contributed by atoms with Crippen LogP contribution in [0.5, 0.6) is 0 Å². The number of nitrogens with one attached hydrogen (secondary N) is 1. The van der Waals surface area contributed by atoms with Crippen molar-refractivity contribution in [1.29, 1.82) is 0 Å². The SMILES string of the molecule is CCCC(NC(=O)c1cncc2c1cnn2-c1ccc(F)cc1)c1cncc(S(C)(=O)=O)c1. The van der Waals surface area contributed by atoms with Crippen LogP contribution in [-0.2, 0) is 9.84 Å². The van der Waals surface area contributed by atoms with Crippen molar-refractivity contribution in [3.63, 3.8) is 0 Å². The number of aromatic nitrogens is 4. The fraction of sp³-hybridized carbons (Fsp3) is 0.217. The minimum Gasteiger partial charge on any atom is -0.345 e. The second kappa shape index (κ2) is 9.07. The number of sulfone groups is 1. The largest absolute Gasteiger partial charge is 0.345 e. The molecule has 1 atom stereocenters. The summed E-state index contributed by atoms with van der Waals surface area (Å²) in [5.41, 5.74) is 2.17. The molecule has 0 saturated carbocycles. The van der Waals surface area contributed by atoms with E-state index in [2.05, 4.69) is 20.4 Å². The van der Waals surface area contributed by atoms with E-state index in [4.69, 9.17) is 0 Å². The van der Waals surface area contributed by atoms with Gasteiger partial charge in [-0.15, -0.1) is 0 Å². The lowest BCUT2D eigenvalue weighted by atomic mass is 10.0. The van der Waals surface area contributed by atoms with Gasteiger partial charge >= 0.3 is 0 Å². The van der Waals surface area contributed by atoms with Crippen LogP contribution in [0.2, 0.25) is 0 Å². The maximum atomic E-state index is 13.3. The quantitative estimate of drug-likeness (QED) is 0.445. The predicted octanol–water partition coefficient (Wildman–Crippen LogP) is 3.63. The Kier molecular flexibility index (Phi) is 6.19. The molecule has 10 heteroatoms. The summed E-state index contributed by atoms with van der Waals surface area (Å²) in [5.74, 6) is -0.722. The molecule has 170 valence electrons. The first-order valence-corrected chi connectivity index (χ1v) is 12.2. The summed E-state index contributed by atoms with van der Waals surface area (Å²) < 4.78 is 38.7. The van der Waals surface area contributed by atoms with Gasteiger partial charge in [-0.2, -0.15) is 5.10 Å². The molecule has 4 aromatic rings. The van der Waals surface area contributed by atoms with Crippen molar-refractivity contribution in [2.24, 2.45) is 0 Å². The van der Waals surface area contributed by atoms with E-state index < -0.39 is 15.9 Å². The molecule has 1 aromatic carbocycles. The van der Waals surface area contributed by atoms with Crippen molar-refractivity contribution in [1.82, 2.24) is 25.1 Å². The zero-order chi connectivity index (χ0) is 23.6. The van der Waals surface area contributed by atoms with Crippen molar-refractivity contribution >= 4 is 26.6 Å². The van der Waals surface area contributed by atoms with Crippen molar-refractivity contribution in [2.75, 3.05) is 6.26 Å². The Labute approximate surface area is 190 Å². The van der Waals surface area contributed by atoms with E-state index in [1.165, 1.54) is 30.6 Å². The van der Waals surface area contributed by atoms with Crippen LogP contribution in [0.15, 0.2) is 66.2 Å². The number of carbonyl (C=O) groups excluding carboxylic acids is 1. The first-order valence-electron chi connectivity index (χ1n) is 10.3. The van der Waals surface area contributed by atoms with Crippen LogP contribution in [0.3, 0.4) is 0 Å². The van der Waals surface area contributed by atoms with Crippen molar-refractivity contribution in [2.45, 2.75) is 30.7 Å². The number of pyridine rings is 2. The summed E-state index contributed by atoms with van der Waals surface area (Å²) in [5, 5.41) is 7.91. The molecule has 0 fully saturated rings. The average Bonchev–Trinajstić information content (AvgIpc) is 3.23. The van der Waals surface area contributed by atoms with Crippen LogP contribution in [-0.4, -0.2) is 40.3 Å². The second-order valence-corrected chi connectivity index (χ2v) is 9.71. The molecule has 0 radical (unpaired) electrons. The second-order valence-electron chi connectivity index (χ2n) is 7.69. The molecular formula is C23H22FN5O3S. The molecule has 1 unspecified atom stereocenters. The number of amides is 1. The van der Waals surface area contributed by atoms with Crippen LogP contribution in [0.1, 0.15) is 41.7 Å². The predicted molar refractivity (Wildman–Crippen MR) is 121 cm³/mol. The molecule has 33 heavy (non-hydrogen) atoms. The normalized spacial score (nSPS) is 12.6. The summed E-state index contributed by atoms with van der Waals surface area (Å²) in [6, 6.07) is 6.95. The lowest BCUT2D eigenvalue weighted by Gasteiger charge is -2.19. The van der Waals surface area contributed by atoms with Gasteiger partial charge < -0.3 is 5.32 Å². The van der Waals surface area contributed by atoms with Crippen molar-refractivity contribution in [3.8, 4) is 5.69 Å². The maximum Gasteiger partial charge on any atom is 0.254 e. The first kappa shape index (κ1) is 22.5. The molecule has 0 aliphatic heterocycles. The van der Waals surface area contributed by atoms with E-state index in [1.54, 1.807) is 35.4 Å². The highest BCUT2D eigenvalue weighted by molar-refractivity contribution is 7.90. The van der Waals surface area contributed by atoms with Gasteiger partial charge in [-0.05, 0) is 42.3 Å². The number of fused-ring (bicyclic) bond motifs is 1. The molecule has 4 rings (SSSR count). The highest BCUT2D eigenvalue weighted by Crippen LogP contribution is 2.24. The van der Waals surface area contributed by atoms with Gasteiger partial charge in [0.1, 0.15) is 5.82 Å². The summed E-state index contributed by atoms with van der Waals surface area (Å²) in [6.45, 7) is 1.97. The van der Waals surface area contributed by atoms with Gasteiger partial charge in [0.05, 0.1) is 40.1 Å². The monoisotopic (exact) mass is 467 g/mol. The number of rotatable bonds is 7. The molecule has 3 aromatic heterocycles. The number of nitrogens with zero attached hydrogens (tertiary/aromatic N) is 4. The van der Waals surface area contributed by atoms with Gasteiger partial charge in [-0.1, -0.05) is 13.3 Å². The van der Waals surface area contributed by atoms with E-state index in [0.29, 0.717) is 34.1 Å². The molecule has 0 saturated heterocycles. The average molecular weight is 468 g/mol. The zero-order valence-corrected chi connectivity index (χ0v) is 18.9. The Morgan fingerprint density at radius 1 is 1.09 bits per heavy atom. The maximum absolute atomic E-state index is 13.3. The highest BCUT2D eigenvalue weighted by Gasteiger charge is 2.21. The van der Waals surface area contributed by atoms with Gasteiger partial charge in [0.25, 0.3) is 5.91 Å². The van der Waals surface area contributed by atoms with E-state index in [9.17, 15) is 17.6 Å². The van der Waals surface area contributed by atoms with Crippen LogP contribution in [0, 0.1) is 5.82 Å². The summed E-state index contributed by atoms with van der Waals surface area (Å²) in [4.78, 5) is 21.5. The minimum absolute atomic E-state index is 0.0969. The Bertz CT molecular complexity index is 1420. The van der Waals surface area contributed by atoms with Gasteiger partial charge in [0, 0.05) is 30.2 Å². The molecule has 0 aliphatic carbocycles. The number of hydrogen-bond donors (Lipinski definition) is 1. The number of carbonyl (C=O) groups is 1.